The molecule has 3 saturated carbocycles. The van der Waals surface area contributed by atoms with Gasteiger partial charge in [0.2, 0.25) is 27.7 Å². The van der Waals surface area contributed by atoms with Crippen LogP contribution in [-0.2, 0) is 29.1 Å². The van der Waals surface area contributed by atoms with Crippen LogP contribution in [0.3, 0.4) is 0 Å². The Morgan fingerprint density at radius 2 is 1.84 bits per heavy atom. The summed E-state index contributed by atoms with van der Waals surface area (Å²) < 4.78 is 46.4. The molecule has 3 aromatic rings. The fourth-order valence-electron chi connectivity index (χ4n) is 7.49. The minimum atomic E-state index is -3.91. The topological polar surface area (TPSA) is 182 Å². The summed E-state index contributed by atoms with van der Waals surface area (Å²) in [5.74, 6) is -1.74. The molecular formula is C40H45N5O9S. The highest BCUT2D eigenvalue weighted by molar-refractivity contribution is 7.91. The second kappa shape index (κ2) is 13.2. The number of para-hydroxylation sites is 1. The summed E-state index contributed by atoms with van der Waals surface area (Å²) in [6.45, 7) is 9.23. The lowest BCUT2D eigenvalue weighted by Gasteiger charge is -2.35. The van der Waals surface area contributed by atoms with E-state index in [1.165, 1.54) is 11.0 Å². The Balaban J connectivity index is 1.17. The van der Waals surface area contributed by atoms with Gasteiger partial charge in [0.25, 0.3) is 5.91 Å². The molecule has 55 heavy (non-hydrogen) atoms. The van der Waals surface area contributed by atoms with E-state index in [1.54, 1.807) is 20.8 Å². The fraction of sp³-hybridized carbons (Fsp3) is 0.475. The van der Waals surface area contributed by atoms with E-state index in [2.05, 4.69) is 21.9 Å². The van der Waals surface area contributed by atoms with Crippen LogP contribution in [0.2, 0.25) is 0 Å². The number of hydrogen-bond acceptors (Lipinski definition) is 10. The lowest BCUT2D eigenvalue weighted by molar-refractivity contribution is -0.143. The summed E-state index contributed by atoms with van der Waals surface area (Å²) in [7, 11) is -3.91. The number of benzene rings is 2. The molecule has 15 heteroatoms. The van der Waals surface area contributed by atoms with Crippen LogP contribution in [0.5, 0.6) is 11.6 Å². The summed E-state index contributed by atoms with van der Waals surface area (Å²) in [5, 5.41) is 5.83. The molecule has 3 aliphatic carbocycles. The number of hydrogen-bond donors (Lipinski definition) is 3. The summed E-state index contributed by atoms with van der Waals surface area (Å²) in [4.78, 5) is 62.4. The van der Waals surface area contributed by atoms with E-state index < -0.39 is 79.7 Å². The largest absolute Gasteiger partial charge is 0.489 e. The van der Waals surface area contributed by atoms with E-state index in [4.69, 9.17) is 19.2 Å². The second-order valence-electron chi connectivity index (χ2n) is 16.5. The number of rotatable bonds is 6. The third-order valence-corrected chi connectivity index (χ3v) is 13.0. The number of carbonyl (C=O) groups is 4. The Hall–Kier alpha value is -5.18. The quantitative estimate of drug-likeness (QED) is 0.310. The maximum Gasteiger partial charge on any atom is 0.408 e. The van der Waals surface area contributed by atoms with Gasteiger partial charge in [-0.05, 0) is 67.3 Å². The number of sulfonamides is 1. The van der Waals surface area contributed by atoms with Crippen molar-refractivity contribution < 1.29 is 41.8 Å². The number of fused-ring (bicyclic) bond motifs is 7. The number of alkyl carbamates (subject to hydrolysis) is 1. The highest BCUT2D eigenvalue weighted by Gasteiger charge is 2.62. The molecule has 1 saturated heterocycles. The molecule has 4 fully saturated rings. The van der Waals surface area contributed by atoms with Crippen LogP contribution in [0, 0.1) is 11.3 Å². The van der Waals surface area contributed by atoms with E-state index in [1.807, 2.05) is 54.6 Å². The van der Waals surface area contributed by atoms with Crippen molar-refractivity contribution in [2.24, 2.45) is 11.3 Å². The van der Waals surface area contributed by atoms with Gasteiger partial charge in [-0.15, -0.1) is 6.58 Å². The van der Waals surface area contributed by atoms with Gasteiger partial charge in [-0.2, -0.15) is 0 Å². The third-order valence-electron chi connectivity index (χ3n) is 11.2. The molecule has 4 amide bonds. The van der Waals surface area contributed by atoms with Gasteiger partial charge >= 0.3 is 6.09 Å². The second-order valence-corrected chi connectivity index (χ2v) is 18.5. The van der Waals surface area contributed by atoms with Gasteiger partial charge in [0.1, 0.15) is 41.7 Å². The van der Waals surface area contributed by atoms with Crippen LogP contribution < -0.4 is 24.8 Å². The number of nitrogens with zero attached hydrogens (tertiary/aromatic N) is 2. The first kappa shape index (κ1) is 36.8. The molecular weight excluding hydrogens is 727 g/mol. The number of pyridine rings is 1. The van der Waals surface area contributed by atoms with Gasteiger partial charge in [-0.3, -0.25) is 19.1 Å². The van der Waals surface area contributed by atoms with Crippen molar-refractivity contribution in [3.8, 4) is 22.8 Å². The molecule has 5 atom stereocenters. The first-order valence-corrected chi connectivity index (χ1v) is 20.2. The molecule has 2 unspecified atom stereocenters. The minimum absolute atomic E-state index is 0.00984. The first-order chi connectivity index (χ1) is 26.1. The van der Waals surface area contributed by atoms with Crippen LogP contribution in [0.1, 0.15) is 59.3 Å². The molecule has 4 bridgehead atoms. The Morgan fingerprint density at radius 3 is 2.53 bits per heavy atom. The van der Waals surface area contributed by atoms with Crippen molar-refractivity contribution in [3.05, 3.63) is 67.3 Å². The molecule has 3 heterocycles. The van der Waals surface area contributed by atoms with Crippen molar-refractivity contribution in [1.82, 2.24) is 25.2 Å². The van der Waals surface area contributed by atoms with E-state index in [0.29, 0.717) is 42.5 Å². The lowest BCUT2D eigenvalue weighted by Crippen LogP contribution is -2.60. The Labute approximate surface area is 319 Å². The zero-order valence-corrected chi connectivity index (χ0v) is 31.8. The SMILES string of the molecule is C=C[C@@H]1CC1(NC(=O)[C@@H]1CC2CN1C(=O)[C@@H](C(C)(C)C)NC(=O)OC1(CC1)COc1cccc(c1)-c1cc3ccccc3nc1O2)C(=O)NS(=O)(=O)C1CC1. The van der Waals surface area contributed by atoms with Crippen molar-refractivity contribution in [1.29, 1.82) is 0 Å². The highest BCUT2D eigenvalue weighted by atomic mass is 32.2. The number of amides is 4. The van der Waals surface area contributed by atoms with Crippen molar-refractivity contribution in [2.75, 3.05) is 13.2 Å². The molecule has 0 radical (unpaired) electrons. The molecule has 5 aliphatic rings. The van der Waals surface area contributed by atoms with Gasteiger partial charge < -0.3 is 29.7 Å². The summed E-state index contributed by atoms with van der Waals surface area (Å²) in [6.07, 6.45) is 2.20. The summed E-state index contributed by atoms with van der Waals surface area (Å²) in [5.41, 5.74) is -1.16. The number of carbonyl (C=O) groups excluding carboxylic acids is 4. The minimum Gasteiger partial charge on any atom is -0.489 e. The Morgan fingerprint density at radius 1 is 1.07 bits per heavy atom. The van der Waals surface area contributed by atoms with Gasteiger partial charge in [0.15, 0.2) is 0 Å². The first-order valence-electron chi connectivity index (χ1n) is 18.7. The molecule has 1 aromatic heterocycles. The van der Waals surface area contributed by atoms with Gasteiger partial charge in [-0.25, -0.2) is 18.2 Å². The van der Waals surface area contributed by atoms with Gasteiger partial charge in [-0.1, -0.05) is 57.2 Å². The van der Waals surface area contributed by atoms with E-state index in [9.17, 15) is 27.6 Å². The smallest absolute Gasteiger partial charge is 0.408 e. The van der Waals surface area contributed by atoms with Gasteiger partial charge in [0, 0.05) is 23.3 Å². The zero-order chi connectivity index (χ0) is 38.9. The van der Waals surface area contributed by atoms with Crippen molar-refractivity contribution in [2.45, 2.75) is 93.9 Å². The molecule has 1 spiro atoms. The van der Waals surface area contributed by atoms with Gasteiger partial charge in [0.05, 0.1) is 17.3 Å². The predicted octanol–water partition coefficient (Wildman–Crippen LogP) is 3.99. The summed E-state index contributed by atoms with van der Waals surface area (Å²) >= 11 is 0. The lowest BCUT2D eigenvalue weighted by atomic mass is 9.85. The molecule has 2 aromatic carbocycles. The number of aromatic nitrogens is 1. The average molecular weight is 772 g/mol. The van der Waals surface area contributed by atoms with Crippen molar-refractivity contribution in [3.63, 3.8) is 0 Å². The third kappa shape index (κ3) is 7.21. The normalized spacial score (nSPS) is 27.4. The van der Waals surface area contributed by atoms with Crippen LogP contribution in [0.4, 0.5) is 4.79 Å². The van der Waals surface area contributed by atoms with E-state index in [-0.39, 0.29) is 31.9 Å². The zero-order valence-electron chi connectivity index (χ0n) is 31.0. The predicted molar refractivity (Wildman–Crippen MR) is 201 cm³/mol. The Kier molecular flexibility index (Phi) is 8.85. The monoisotopic (exact) mass is 771 g/mol. The molecule has 14 nitrogen and oxygen atoms in total. The van der Waals surface area contributed by atoms with Crippen LogP contribution in [-0.4, -0.2) is 89.8 Å². The maximum atomic E-state index is 14.7. The Bertz CT molecular complexity index is 2210. The van der Waals surface area contributed by atoms with E-state index >= 15 is 0 Å². The molecule has 290 valence electrons. The summed E-state index contributed by atoms with van der Waals surface area (Å²) in [6, 6.07) is 14.7. The fourth-order valence-corrected chi connectivity index (χ4v) is 8.85. The molecule has 2 aliphatic heterocycles. The molecule has 8 rings (SSSR count). The maximum absolute atomic E-state index is 14.7. The van der Waals surface area contributed by atoms with Crippen LogP contribution >= 0.6 is 0 Å². The molecule has 3 N–H and O–H groups in total. The van der Waals surface area contributed by atoms with Crippen LogP contribution in [0.25, 0.3) is 22.0 Å². The highest BCUT2D eigenvalue weighted by Crippen LogP contribution is 2.46. The van der Waals surface area contributed by atoms with Crippen LogP contribution in [0.15, 0.2) is 67.3 Å². The van der Waals surface area contributed by atoms with E-state index in [0.717, 1.165) is 10.9 Å². The number of ether oxygens (including phenoxy) is 3. The standard InChI is InChI=1S/C40H45N5O9S/c1-5-25-20-40(25,36(48)44-55(50,51)28-13-14-28)43-33(46)31-19-27-21-45(31)35(47)32(38(2,3)4)42-37(49)54-39(15-16-39)22-52-26-11-8-10-23(17-26)29-18-24-9-6-7-12-30(24)41-34(29)53-27/h5-12,17-18,25,27-28,31-32H,1,13-16,19-22H2,2-4H3,(H,42,49)(H,43,46)(H,44,48)/t25-,27?,31+,32+,40?/m1/s1. The average Bonchev–Trinajstić information content (AvgIpc) is 4.06. The number of nitrogens with one attached hydrogen (secondary N) is 3. The van der Waals surface area contributed by atoms with Crippen molar-refractivity contribution >= 4 is 44.7 Å².